The number of fused-ring (bicyclic) bond motifs is 2. The summed E-state index contributed by atoms with van der Waals surface area (Å²) in [5.74, 6) is 0.952. The van der Waals surface area contributed by atoms with Crippen LogP contribution < -0.4 is 16.0 Å². The van der Waals surface area contributed by atoms with Gasteiger partial charge in [0.15, 0.2) is 5.43 Å². The molecule has 0 unspecified atom stereocenters. The molecule has 2 aromatic heterocycles. The van der Waals surface area contributed by atoms with Gasteiger partial charge in [0.05, 0.1) is 5.56 Å². The van der Waals surface area contributed by atoms with E-state index in [2.05, 4.69) is 11.0 Å². The van der Waals surface area contributed by atoms with Gasteiger partial charge in [-0.25, -0.2) is 4.79 Å². The van der Waals surface area contributed by atoms with Crippen molar-refractivity contribution in [1.29, 1.82) is 0 Å². The van der Waals surface area contributed by atoms with Gasteiger partial charge in [0, 0.05) is 41.9 Å². The van der Waals surface area contributed by atoms with E-state index in [4.69, 9.17) is 8.83 Å². The Balaban J connectivity index is 1.63. The monoisotopic (exact) mass is 375 g/mol. The van der Waals surface area contributed by atoms with Crippen molar-refractivity contribution >= 4 is 28.8 Å². The quantitative estimate of drug-likeness (QED) is 0.635. The zero-order valence-corrected chi connectivity index (χ0v) is 15.8. The van der Waals surface area contributed by atoms with Crippen molar-refractivity contribution in [3.05, 3.63) is 73.1 Å². The van der Waals surface area contributed by atoms with Crippen molar-refractivity contribution in [3.8, 4) is 0 Å². The molecule has 0 saturated heterocycles. The number of aryl methyl sites for hydroxylation is 3. The Morgan fingerprint density at radius 3 is 2.61 bits per heavy atom. The summed E-state index contributed by atoms with van der Waals surface area (Å²) in [7, 11) is 0. The second kappa shape index (κ2) is 6.51. The molecule has 142 valence electrons. The molecule has 0 saturated carbocycles. The Hall–Kier alpha value is -3.08. The standard InChI is InChI=1S/C23H21NO4/c1-14-10-18(25)13-19(27-14)7-6-16-12-17-11-15-4-2-8-24-9-3-5-20(21(15)24)22(17)28-23(16)26/h6-7,10-13H,2-5,8-9H2,1H3/b7-6+. The molecule has 0 radical (unpaired) electrons. The van der Waals surface area contributed by atoms with E-state index in [1.54, 1.807) is 19.1 Å². The zero-order valence-electron chi connectivity index (χ0n) is 15.8. The minimum Gasteiger partial charge on any atom is -0.462 e. The van der Waals surface area contributed by atoms with Crippen LogP contribution in [0, 0.1) is 6.92 Å². The van der Waals surface area contributed by atoms with Gasteiger partial charge < -0.3 is 13.7 Å². The minimum atomic E-state index is -0.372. The van der Waals surface area contributed by atoms with E-state index in [-0.39, 0.29) is 11.1 Å². The molecule has 5 rings (SSSR count). The molecule has 28 heavy (non-hydrogen) atoms. The maximum atomic E-state index is 12.6. The third kappa shape index (κ3) is 2.87. The maximum absolute atomic E-state index is 12.6. The molecule has 3 aromatic rings. The first-order valence-electron chi connectivity index (χ1n) is 9.76. The number of rotatable bonds is 2. The summed E-state index contributed by atoms with van der Waals surface area (Å²) in [4.78, 5) is 26.7. The van der Waals surface area contributed by atoms with Gasteiger partial charge in [0.25, 0.3) is 0 Å². The van der Waals surface area contributed by atoms with Crippen LogP contribution in [0.5, 0.6) is 0 Å². The topological polar surface area (TPSA) is 63.7 Å². The number of benzene rings is 1. The summed E-state index contributed by atoms with van der Waals surface area (Å²) >= 11 is 0. The fourth-order valence-electron chi connectivity index (χ4n) is 4.46. The molecule has 5 nitrogen and oxygen atoms in total. The lowest BCUT2D eigenvalue weighted by Gasteiger charge is -2.37. The van der Waals surface area contributed by atoms with Crippen LogP contribution in [-0.2, 0) is 12.8 Å². The normalized spacial score (nSPS) is 16.0. The summed E-state index contributed by atoms with van der Waals surface area (Å²) in [5.41, 5.74) is 4.49. The van der Waals surface area contributed by atoms with Gasteiger partial charge in [-0.05, 0) is 62.5 Å². The molecule has 1 aromatic carbocycles. The Labute approximate surface area is 161 Å². The number of hydrogen-bond acceptors (Lipinski definition) is 5. The Bertz CT molecular complexity index is 1230. The summed E-state index contributed by atoms with van der Waals surface area (Å²) in [5, 5.41) is 0.961. The first-order chi connectivity index (χ1) is 13.6. The van der Waals surface area contributed by atoms with E-state index in [0.717, 1.165) is 49.7 Å². The molecule has 0 aliphatic carbocycles. The highest BCUT2D eigenvalue weighted by Gasteiger charge is 2.26. The van der Waals surface area contributed by atoms with Gasteiger partial charge >= 0.3 is 5.63 Å². The molecule has 2 aliphatic heterocycles. The number of anilines is 1. The van der Waals surface area contributed by atoms with Crippen LogP contribution in [0.25, 0.3) is 23.1 Å². The highest BCUT2D eigenvalue weighted by atomic mass is 16.4. The van der Waals surface area contributed by atoms with Crippen LogP contribution in [0.3, 0.4) is 0 Å². The van der Waals surface area contributed by atoms with Crippen LogP contribution in [0.4, 0.5) is 5.69 Å². The Morgan fingerprint density at radius 2 is 1.79 bits per heavy atom. The first-order valence-corrected chi connectivity index (χ1v) is 9.76. The van der Waals surface area contributed by atoms with Gasteiger partial charge in [0.2, 0.25) is 0 Å². The van der Waals surface area contributed by atoms with Gasteiger partial charge in [0.1, 0.15) is 17.1 Å². The lowest BCUT2D eigenvalue weighted by molar-refractivity contribution is 0.505. The SMILES string of the molecule is Cc1cc(=O)cc(/C=C/c2cc3cc4c5c(c3oc2=O)CCCN5CCC4)o1. The third-order valence-electron chi connectivity index (χ3n) is 5.58. The molecular weight excluding hydrogens is 354 g/mol. The second-order valence-corrected chi connectivity index (χ2v) is 7.60. The molecule has 0 amide bonds. The smallest absolute Gasteiger partial charge is 0.343 e. The van der Waals surface area contributed by atoms with Gasteiger partial charge in [-0.1, -0.05) is 0 Å². The summed E-state index contributed by atoms with van der Waals surface area (Å²) in [6.45, 7) is 3.89. The zero-order chi connectivity index (χ0) is 19.3. The van der Waals surface area contributed by atoms with E-state index in [1.165, 1.54) is 28.9 Å². The van der Waals surface area contributed by atoms with Crippen LogP contribution in [0.15, 0.2) is 42.7 Å². The van der Waals surface area contributed by atoms with Gasteiger partial charge in [-0.3, -0.25) is 4.79 Å². The summed E-state index contributed by atoms with van der Waals surface area (Å²) in [6, 6.07) is 6.88. The highest BCUT2D eigenvalue weighted by Crippen LogP contribution is 2.39. The Kier molecular flexibility index (Phi) is 3.97. The highest BCUT2D eigenvalue weighted by molar-refractivity contribution is 5.90. The third-order valence-corrected chi connectivity index (χ3v) is 5.58. The van der Waals surface area contributed by atoms with Gasteiger partial charge in [-0.2, -0.15) is 0 Å². The molecule has 0 bridgehead atoms. The van der Waals surface area contributed by atoms with E-state index in [9.17, 15) is 9.59 Å². The molecule has 2 aliphatic rings. The molecule has 0 N–H and O–H groups in total. The number of hydrogen-bond donors (Lipinski definition) is 0. The van der Waals surface area contributed by atoms with Crippen molar-refractivity contribution in [3.63, 3.8) is 0 Å². The van der Waals surface area contributed by atoms with Crippen molar-refractivity contribution in [2.45, 2.75) is 32.6 Å². The van der Waals surface area contributed by atoms with Crippen molar-refractivity contribution in [2.24, 2.45) is 0 Å². The predicted molar refractivity (Wildman–Crippen MR) is 110 cm³/mol. The number of nitrogens with zero attached hydrogens (tertiary/aromatic N) is 1. The van der Waals surface area contributed by atoms with Crippen molar-refractivity contribution in [2.75, 3.05) is 18.0 Å². The van der Waals surface area contributed by atoms with Crippen molar-refractivity contribution < 1.29 is 8.83 Å². The average molecular weight is 375 g/mol. The lowest BCUT2D eigenvalue weighted by atomic mass is 9.90. The molecule has 4 heterocycles. The summed E-state index contributed by atoms with van der Waals surface area (Å²) < 4.78 is 11.3. The molecule has 5 heteroatoms. The van der Waals surface area contributed by atoms with E-state index in [1.807, 2.05) is 6.07 Å². The van der Waals surface area contributed by atoms with Crippen LogP contribution in [0.1, 0.15) is 41.1 Å². The second-order valence-electron chi connectivity index (χ2n) is 7.60. The maximum Gasteiger partial charge on any atom is 0.343 e. The van der Waals surface area contributed by atoms with Crippen LogP contribution in [0.2, 0.25) is 0 Å². The van der Waals surface area contributed by atoms with Crippen molar-refractivity contribution in [1.82, 2.24) is 0 Å². The van der Waals surface area contributed by atoms with Crippen LogP contribution in [-0.4, -0.2) is 13.1 Å². The Morgan fingerprint density at radius 1 is 0.964 bits per heavy atom. The van der Waals surface area contributed by atoms with E-state index >= 15 is 0 Å². The van der Waals surface area contributed by atoms with Crippen LogP contribution >= 0.6 is 0 Å². The lowest BCUT2D eigenvalue weighted by Crippen LogP contribution is -2.34. The predicted octanol–water partition coefficient (Wildman–Crippen LogP) is 3.92. The van der Waals surface area contributed by atoms with E-state index < -0.39 is 0 Å². The first kappa shape index (κ1) is 17.0. The fourth-order valence-corrected chi connectivity index (χ4v) is 4.46. The fraction of sp³-hybridized carbons (Fsp3) is 0.304. The molecular formula is C23H21NO4. The van der Waals surface area contributed by atoms with Gasteiger partial charge in [-0.15, -0.1) is 0 Å². The van der Waals surface area contributed by atoms with E-state index in [0.29, 0.717) is 17.1 Å². The minimum absolute atomic E-state index is 0.121. The summed E-state index contributed by atoms with van der Waals surface area (Å²) in [6.07, 6.45) is 7.55. The molecule has 0 atom stereocenters. The average Bonchev–Trinajstić information content (AvgIpc) is 2.67. The molecule has 0 fully saturated rings. The molecule has 0 spiro atoms. The largest absolute Gasteiger partial charge is 0.462 e.